The van der Waals surface area contributed by atoms with E-state index in [1.807, 2.05) is 37.3 Å². The second-order valence-corrected chi connectivity index (χ2v) is 5.30. The first kappa shape index (κ1) is 15.1. The lowest BCUT2D eigenvalue weighted by Gasteiger charge is -2.10. The van der Waals surface area contributed by atoms with E-state index in [1.165, 1.54) is 5.56 Å². The predicted molar refractivity (Wildman–Crippen MR) is 73.8 cm³/mol. The monoisotopic (exact) mass is 268 g/mol. The van der Waals surface area contributed by atoms with E-state index in [4.69, 9.17) is 9.47 Å². The number of ether oxygens (including phenoxy) is 2. The van der Waals surface area contributed by atoms with E-state index in [0.29, 0.717) is 0 Å². The third-order valence-electron chi connectivity index (χ3n) is 2.57. The van der Waals surface area contributed by atoms with Crippen LogP contribution in [0.5, 0.6) is 0 Å². The van der Waals surface area contributed by atoms with E-state index < -0.39 is 10.8 Å². The van der Waals surface area contributed by atoms with Crippen molar-refractivity contribution in [1.29, 1.82) is 0 Å². The molecule has 0 fully saturated rings. The van der Waals surface area contributed by atoms with Crippen molar-refractivity contribution >= 4 is 10.8 Å². The molecule has 4 heteroatoms. The normalized spacial score (nSPS) is 13.3. The highest BCUT2D eigenvalue weighted by Crippen LogP contribution is 2.10. The molecule has 1 rings (SSSR count). The Morgan fingerprint density at radius 3 is 2.39 bits per heavy atom. The van der Waals surface area contributed by atoms with E-state index in [0.717, 1.165) is 17.7 Å². The molecule has 1 atom stereocenters. The predicted octanol–water partition coefficient (Wildman–Crippen LogP) is 3.02. The Hall–Kier alpha value is -0.970. The zero-order chi connectivity index (χ0) is 13.4. The minimum atomic E-state index is -1.07. The summed E-state index contributed by atoms with van der Waals surface area (Å²) in [5, 5.41) is 1.72. The van der Waals surface area contributed by atoms with Crippen LogP contribution < -0.4 is 0 Å². The largest absolute Gasteiger partial charge is 0.356 e. The van der Waals surface area contributed by atoms with Gasteiger partial charge in [-0.05, 0) is 25.5 Å². The van der Waals surface area contributed by atoms with Crippen LogP contribution in [0.25, 0.3) is 0 Å². The summed E-state index contributed by atoms with van der Waals surface area (Å²) in [4.78, 5) is 0.826. The molecule has 1 aromatic rings. The maximum Gasteiger partial charge on any atom is 0.157 e. The topological polar surface area (TPSA) is 35.5 Å². The van der Waals surface area contributed by atoms with Crippen LogP contribution in [0.4, 0.5) is 0 Å². The number of rotatable bonds is 7. The third-order valence-corrected chi connectivity index (χ3v) is 3.74. The van der Waals surface area contributed by atoms with Crippen molar-refractivity contribution < 1.29 is 13.7 Å². The fraction of sp³-hybridized carbons (Fsp3) is 0.429. The Balaban J connectivity index is 2.42. The standard InChI is InChI=1S/C14H20O3S/c1-12-7-9-13(10-8-12)18(15)11-5-4-6-14(16-2)17-3/h5,7-11,14H,4,6H2,1-3H3/b11-5+/t18-/m0/s1. The molecule has 0 heterocycles. The van der Waals surface area contributed by atoms with Crippen molar-refractivity contribution in [3.05, 3.63) is 41.3 Å². The molecule has 18 heavy (non-hydrogen) atoms. The number of benzene rings is 1. The van der Waals surface area contributed by atoms with Gasteiger partial charge in [0.25, 0.3) is 0 Å². The number of allylic oxidation sites excluding steroid dienone is 1. The van der Waals surface area contributed by atoms with Gasteiger partial charge in [-0.15, -0.1) is 0 Å². The summed E-state index contributed by atoms with van der Waals surface area (Å²) >= 11 is 0. The van der Waals surface area contributed by atoms with Gasteiger partial charge in [-0.3, -0.25) is 0 Å². The number of hydrogen-bond acceptors (Lipinski definition) is 3. The van der Waals surface area contributed by atoms with Crippen molar-refractivity contribution in [2.75, 3.05) is 14.2 Å². The summed E-state index contributed by atoms with van der Waals surface area (Å²) in [5.74, 6) is 0. The van der Waals surface area contributed by atoms with Gasteiger partial charge < -0.3 is 9.47 Å². The van der Waals surface area contributed by atoms with Gasteiger partial charge >= 0.3 is 0 Å². The summed E-state index contributed by atoms with van der Waals surface area (Å²) < 4.78 is 22.0. The van der Waals surface area contributed by atoms with Crippen LogP contribution in [0.3, 0.4) is 0 Å². The maximum absolute atomic E-state index is 11.9. The molecule has 0 aliphatic rings. The van der Waals surface area contributed by atoms with Crippen LogP contribution >= 0.6 is 0 Å². The summed E-state index contributed by atoms with van der Waals surface area (Å²) in [5.41, 5.74) is 1.17. The first-order valence-electron chi connectivity index (χ1n) is 5.87. The number of methoxy groups -OCH3 is 2. The molecule has 3 nitrogen and oxygen atoms in total. The minimum Gasteiger partial charge on any atom is -0.356 e. The number of aryl methyl sites for hydroxylation is 1. The van der Waals surface area contributed by atoms with Gasteiger partial charge in [0.15, 0.2) is 6.29 Å². The van der Waals surface area contributed by atoms with Crippen LogP contribution in [0, 0.1) is 6.92 Å². The van der Waals surface area contributed by atoms with Gasteiger partial charge in [-0.25, -0.2) is 4.21 Å². The van der Waals surface area contributed by atoms with Crippen molar-refractivity contribution in [2.45, 2.75) is 31.0 Å². The van der Waals surface area contributed by atoms with E-state index in [1.54, 1.807) is 19.6 Å². The Morgan fingerprint density at radius 2 is 1.83 bits per heavy atom. The van der Waals surface area contributed by atoms with Gasteiger partial charge in [0.05, 0.1) is 10.8 Å². The lowest BCUT2D eigenvalue weighted by atomic mass is 10.2. The van der Waals surface area contributed by atoms with Crippen molar-refractivity contribution in [3.8, 4) is 0 Å². The molecule has 0 radical (unpaired) electrons. The molecule has 0 saturated carbocycles. The molecule has 0 aliphatic heterocycles. The van der Waals surface area contributed by atoms with Gasteiger partial charge in [-0.2, -0.15) is 0 Å². The molecular weight excluding hydrogens is 248 g/mol. The average Bonchev–Trinajstić information content (AvgIpc) is 2.39. The zero-order valence-corrected chi connectivity index (χ0v) is 11.9. The smallest absolute Gasteiger partial charge is 0.157 e. The Labute approximate surface area is 111 Å². The van der Waals surface area contributed by atoms with Crippen LogP contribution in [0.15, 0.2) is 40.6 Å². The van der Waals surface area contributed by atoms with Crippen molar-refractivity contribution in [2.24, 2.45) is 0 Å². The molecule has 0 aliphatic carbocycles. The molecular formula is C14H20O3S. The lowest BCUT2D eigenvalue weighted by Crippen LogP contribution is -2.11. The van der Waals surface area contributed by atoms with E-state index in [9.17, 15) is 4.21 Å². The summed E-state index contributed by atoms with van der Waals surface area (Å²) in [7, 11) is 2.15. The number of hydrogen-bond donors (Lipinski definition) is 0. The third kappa shape index (κ3) is 5.12. The summed E-state index contributed by atoms with van der Waals surface area (Å²) in [6.45, 7) is 2.01. The molecule has 0 amide bonds. The van der Waals surface area contributed by atoms with Gasteiger partial charge in [0.1, 0.15) is 0 Å². The molecule has 0 saturated heterocycles. The second kappa shape index (κ2) is 8.19. The van der Waals surface area contributed by atoms with Crippen molar-refractivity contribution in [1.82, 2.24) is 0 Å². The summed E-state index contributed by atoms with van der Waals surface area (Å²) in [6.07, 6.45) is 3.25. The average molecular weight is 268 g/mol. The van der Waals surface area contributed by atoms with Crippen LogP contribution in [-0.4, -0.2) is 24.7 Å². The van der Waals surface area contributed by atoms with Crippen LogP contribution in [0.2, 0.25) is 0 Å². The Kier molecular flexibility index (Phi) is 6.86. The fourth-order valence-corrected chi connectivity index (χ4v) is 2.34. The highest BCUT2D eigenvalue weighted by atomic mass is 32.2. The quantitative estimate of drug-likeness (QED) is 0.713. The maximum atomic E-state index is 11.9. The fourth-order valence-electron chi connectivity index (χ4n) is 1.47. The van der Waals surface area contributed by atoms with Crippen LogP contribution in [-0.2, 0) is 20.3 Å². The Bertz CT molecular complexity index is 394. The first-order chi connectivity index (χ1) is 8.67. The van der Waals surface area contributed by atoms with Crippen LogP contribution in [0.1, 0.15) is 18.4 Å². The minimum absolute atomic E-state index is 0.192. The van der Waals surface area contributed by atoms with E-state index in [-0.39, 0.29) is 6.29 Å². The molecule has 0 unspecified atom stereocenters. The van der Waals surface area contributed by atoms with E-state index >= 15 is 0 Å². The van der Waals surface area contributed by atoms with E-state index in [2.05, 4.69) is 0 Å². The molecule has 0 N–H and O–H groups in total. The Morgan fingerprint density at radius 1 is 1.22 bits per heavy atom. The first-order valence-corrected chi connectivity index (χ1v) is 7.08. The molecule has 100 valence electrons. The molecule has 0 bridgehead atoms. The highest BCUT2D eigenvalue weighted by molar-refractivity contribution is 7.88. The van der Waals surface area contributed by atoms with Crippen molar-refractivity contribution in [3.63, 3.8) is 0 Å². The lowest BCUT2D eigenvalue weighted by molar-refractivity contribution is -0.105. The van der Waals surface area contributed by atoms with Gasteiger partial charge in [-0.1, -0.05) is 23.8 Å². The zero-order valence-electron chi connectivity index (χ0n) is 11.1. The SMILES string of the molecule is COC(CC/C=C/[S@](=O)c1ccc(C)cc1)OC. The highest BCUT2D eigenvalue weighted by Gasteiger charge is 2.03. The molecule has 1 aromatic carbocycles. The van der Waals surface area contributed by atoms with Gasteiger partial charge in [0.2, 0.25) is 0 Å². The van der Waals surface area contributed by atoms with Gasteiger partial charge in [0, 0.05) is 30.9 Å². The molecule has 0 spiro atoms. The molecule has 0 aromatic heterocycles. The summed E-state index contributed by atoms with van der Waals surface area (Å²) in [6, 6.07) is 7.71. The second-order valence-electron chi connectivity index (χ2n) is 3.96.